The molecule has 148 heavy (non-hydrogen) atoms. The molecule has 51 heteroatoms. The van der Waals surface area contributed by atoms with E-state index in [1.54, 1.807) is 121 Å². The first kappa shape index (κ1) is 107. The number of fused-ring (bicyclic) bond motifs is 7. The number of alkyl halides is 3. The zero-order valence-electron chi connectivity index (χ0n) is 83.3. The number of nitrogens with zero attached hydrogens (tertiary/aromatic N) is 32. The number of carbonyl (C=O) groups is 2. The molecule has 0 aromatic carbocycles. The van der Waals surface area contributed by atoms with Gasteiger partial charge in [-0.1, -0.05) is 31.5 Å². The number of aromatic nitrogens is 22. The van der Waals surface area contributed by atoms with E-state index in [9.17, 15) is 47.0 Å². The molecular weight excluding hydrogens is 1960 g/mol. The van der Waals surface area contributed by atoms with Crippen molar-refractivity contribution >= 4 is 86.4 Å². The van der Waals surface area contributed by atoms with Gasteiger partial charge in [-0.3, -0.25) is 33.9 Å². The number of nitrogens with two attached hydrogens (primary N) is 1. The fraction of sp³-hybridized carbons (Fsp3) is 0.402. The van der Waals surface area contributed by atoms with E-state index in [2.05, 4.69) is 119 Å². The van der Waals surface area contributed by atoms with E-state index < -0.39 is 39.7 Å². The molecule has 3 unspecified atom stereocenters. The number of nitroso groups, excluding NO2 is 1. The SMILES string of the molecule is CC1(CC=O)C[C@H]2CN(c3cnc(Cl)cn3)C[C@H]2C1.CCO.Cn1cc(-c2cc(-c3cnc(N4C[C@@H]5CC(C)(CC=O)C[C@@H]5C4)cn3)c3c(C#N)cnn3c2)cn1.Cn1cc(-c2cc(-c3cnc(N4C[C@@H]5CC(C)(N)C[C@@H]5C4)cn3)c3c(C#N)cnn3c2)cn1.Cn1cc(-c2cc(B3OC(C)(C)C(C)(C)O3)c3c(C#N)cnn3c2)cn1.Cn1cc(-c2cc(OS(=O)(=O)C(F)(F)F)c3c(C#N)cnn3c2)cn1.[N-]=NNNN=O.[Na+]. The fourth-order valence-electron chi connectivity index (χ4n) is 20.7. The standard InChI is InChI=1S/C26H26N8O.C24H25N9.C18H20BN5O2.C14H18ClN3O.C13H8F3N5O3S.C2H6O.H2N5O.Na/c1-26(3-4-35)6-18-14-33(15-19(18)7-26)24-12-28-23(11-29-24)22-5-17(21-10-30-32(2)13-21)16-34-25(22)20(8-27)9-31-34;1-24(26)4-16-12-32(13-17(16)5-24)22-10-27-21(9-28-22)20-3-15(19-8-29-31(2)11-19)14-33-23(20)18(6-25)7-30-33;1-17(2)18(3,4)26-19(25-17)15-6-12(14-9-21-23(5)10-14)11-24-16(15)13(7-20)8-22-24;1-14(2-3-19)4-10-8-18(9-11(10)5-14)13-7-16-12(15)6-17-13;1-20-6-10(5-18-20)8-2-11(24-25(22,23)13(14,15)16)12-9(3-17)4-19-21(12)7-8;1-2-3;1-2-3-4-5-6;/h4-5,9-13,16,18-19H,3,6-7,14-15H2,1-2H3;3,7-11,14,16-17H,4-5,12-13,26H2,1-2H3;6,8-11H,1-5H3;3,6-7,10-11H,2,4-5,8-9H2,1H3;2,4-7H,1H3;3H,2H2,1H3;(H2-,1,2,3,4,5,6);/q;;;;;;-1;+1/t18-,19+,26?;16-,17+,24?;;10-,11+,14?;;;;. The monoisotopic (exact) mass is 2060 g/mol. The molecule has 7 fully saturated rings. The quantitative estimate of drug-likeness (QED) is 0.00856. The van der Waals surface area contributed by atoms with Crippen LogP contribution in [0.4, 0.5) is 30.6 Å². The van der Waals surface area contributed by atoms with Crippen LogP contribution < -0.4 is 70.7 Å². The summed E-state index contributed by atoms with van der Waals surface area (Å²) in [5.74, 6) is 5.83. The molecule has 22 rings (SSSR count). The number of aliphatic hydroxyl groups is 1. The van der Waals surface area contributed by atoms with Gasteiger partial charge in [0, 0.05) is 203 Å². The summed E-state index contributed by atoms with van der Waals surface area (Å²) in [5, 5.41) is 83.8. The molecule has 3 saturated carbocycles. The maximum Gasteiger partial charge on any atom is 1.00 e. The van der Waals surface area contributed by atoms with Crippen LogP contribution >= 0.6 is 11.6 Å². The van der Waals surface area contributed by atoms with Crippen molar-refractivity contribution in [2.24, 2.45) is 90.8 Å². The normalized spacial score (nSPS) is 21.0. The maximum atomic E-state index is 12.6. The average molecular weight is 2060 g/mol. The average Bonchev–Trinajstić information content (AvgIpc) is 1.59. The molecule has 0 amide bonds. The number of nitriles is 4. The summed E-state index contributed by atoms with van der Waals surface area (Å²) in [4.78, 5) is 65.2. The van der Waals surface area contributed by atoms with Crippen molar-refractivity contribution in [3.8, 4) is 97.0 Å². The molecule has 15 aromatic rings. The molecule has 5 N–H and O–H groups in total. The Morgan fingerprint density at radius 1 is 0.493 bits per heavy atom. The molecular formula is C97H105BClF3N35NaO9S. The molecule has 19 heterocycles. The van der Waals surface area contributed by atoms with E-state index in [4.69, 9.17) is 67.4 Å². The smallest absolute Gasteiger partial charge is 0.399 e. The maximum absolute atomic E-state index is 12.6. The predicted molar refractivity (Wildman–Crippen MR) is 535 cm³/mol. The van der Waals surface area contributed by atoms with Crippen LogP contribution in [0.15, 0.2) is 171 Å². The number of aliphatic hydroxyl groups excluding tert-OH is 1. The van der Waals surface area contributed by atoms with Crippen molar-refractivity contribution in [1.29, 1.82) is 21.0 Å². The third-order valence-corrected chi connectivity index (χ3v) is 29.1. The van der Waals surface area contributed by atoms with E-state index in [1.807, 2.05) is 123 Å². The molecule has 0 radical (unpaired) electrons. The van der Waals surface area contributed by atoms with Gasteiger partial charge in [-0.15, -0.1) is 4.91 Å². The Morgan fingerprint density at radius 3 is 1.14 bits per heavy atom. The van der Waals surface area contributed by atoms with Crippen LogP contribution in [0.5, 0.6) is 5.75 Å². The van der Waals surface area contributed by atoms with Crippen LogP contribution in [0, 0.1) is 96.6 Å². The van der Waals surface area contributed by atoms with Crippen LogP contribution in [0.1, 0.15) is 129 Å². The van der Waals surface area contributed by atoms with Crippen molar-refractivity contribution in [2.45, 2.75) is 129 Å². The van der Waals surface area contributed by atoms with E-state index in [1.165, 1.54) is 17.1 Å². The van der Waals surface area contributed by atoms with Crippen LogP contribution in [-0.2, 0) is 57.2 Å². The number of rotatable bonds is 19. The number of halogens is 4. The summed E-state index contributed by atoms with van der Waals surface area (Å²) in [5.41, 5.74) is 24.5. The summed E-state index contributed by atoms with van der Waals surface area (Å²) in [7, 11) is 0.781. The van der Waals surface area contributed by atoms with Gasteiger partial charge in [0.1, 0.15) is 70.5 Å². The molecule has 3 aliphatic carbocycles. The van der Waals surface area contributed by atoms with E-state index in [0.29, 0.717) is 104 Å². The molecule has 0 bridgehead atoms. The first-order chi connectivity index (χ1) is 70.1. The predicted octanol–water partition coefficient (Wildman–Crippen LogP) is 9.15. The zero-order chi connectivity index (χ0) is 105. The topological polar surface area (TPSA) is 553 Å². The first-order valence-electron chi connectivity index (χ1n) is 46.9. The van der Waals surface area contributed by atoms with Gasteiger partial charge >= 0.3 is 52.3 Å². The van der Waals surface area contributed by atoms with Gasteiger partial charge in [-0.25, -0.2) is 43.5 Å². The third kappa shape index (κ3) is 23.2. The number of aryl methyl sites for hydroxylation is 4. The molecule has 9 atom stereocenters. The second-order valence-corrected chi connectivity index (χ2v) is 41.5. The minimum absolute atomic E-state index is 0. The van der Waals surface area contributed by atoms with Crippen LogP contribution in [0.3, 0.4) is 0 Å². The minimum Gasteiger partial charge on any atom is -0.399 e. The summed E-state index contributed by atoms with van der Waals surface area (Å²) in [6.07, 6.45) is 47.9. The number of hydrazine groups is 1. The summed E-state index contributed by atoms with van der Waals surface area (Å²) < 4.78 is 90.3. The van der Waals surface area contributed by atoms with E-state index >= 15 is 0 Å². The third-order valence-electron chi connectivity index (χ3n) is 28.0. The van der Waals surface area contributed by atoms with Crippen molar-refractivity contribution < 1.29 is 79.3 Å². The minimum atomic E-state index is -5.91. The van der Waals surface area contributed by atoms with Gasteiger partial charge < -0.3 is 59.7 Å². The van der Waals surface area contributed by atoms with Gasteiger partial charge in [0.05, 0.1) is 148 Å². The number of aldehydes is 2. The molecule has 0 spiro atoms. The Hall–Kier alpha value is -14.9. The Bertz CT molecular complexity index is 7620. The van der Waals surface area contributed by atoms with Gasteiger partial charge in [0.25, 0.3) is 0 Å². The number of hydrogen-bond acceptors (Lipinski definition) is 33. The molecule has 44 nitrogen and oxygen atoms in total. The summed E-state index contributed by atoms with van der Waals surface area (Å²) >= 11 is 5.76. The van der Waals surface area contributed by atoms with Crippen molar-refractivity contribution in [2.75, 3.05) is 60.6 Å². The Balaban J connectivity index is 0.000000137. The molecule has 4 aliphatic heterocycles. The van der Waals surface area contributed by atoms with Gasteiger partial charge in [-0.05, 0) is 145 Å². The Labute approximate surface area is 875 Å². The van der Waals surface area contributed by atoms with Crippen molar-refractivity contribution in [1.82, 2.24) is 119 Å². The van der Waals surface area contributed by atoms with E-state index in [0.717, 1.165) is 180 Å². The number of anilines is 3. The number of carbonyl (C=O) groups excluding carboxylic acids is 2. The Kier molecular flexibility index (Phi) is 31.9. The van der Waals surface area contributed by atoms with Crippen LogP contribution in [0.2, 0.25) is 5.15 Å². The van der Waals surface area contributed by atoms with Gasteiger partial charge in [-0.2, -0.15) is 83.4 Å². The Morgan fingerprint density at radius 2 is 0.824 bits per heavy atom. The number of nitrogens with one attached hydrogen (secondary N) is 2. The van der Waals surface area contributed by atoms with Crippen molar-refractivity contribution in [3.05, 3.63) is 198 Å². The largest absolute Gasteiger partial charge is 1.00 e. The second-order valence-electron chi connectivity index (χ2n) is 39.6. The molecule has 15 aromatic heterocycles. The number of pyridine rings is 4. The molecule has 7 aliphatic rings. The van der Waals surface area contributed by atoms with E-state index in [-0.39, 0.29) is 63.6 Å². The fourth-order valence-corrected chi connectivity index (χ4v) is 21.3. The van der Waals surface area contributed by atoms with Crippen LogP contribution in [-0.4, -0.2) is 209 Å². The summed E-state index contributed by atoms with van der Waals surface area (Å²) in [6.45, 7) is 22.5. The van der Waals surface area contributed by atoms with Crippen LogP contribution in [0.25, 0.3) is 94.6 Å². The molecule has 4 saturated heterocycles. The summed E-state index contributed by atoms with van der Waals surface area (Å²) in [6, 6.07) is 15.5. The zero-order valence-corrected chi connectivity index (χ0v) is 86.9. The van der Waals surface area contributed by atoms with Gasteiger partial charge in [0.2, 0.25) is 0 Å². The second kappa shape index (κ2) is 44.0. The van der Waals surface area contributed by atoms with Crippen molar-refractivity contribution in [3.63, 3.8) is 0 Å². The number of hydrogen-bond donors (Lipinski definition) is 4. The molecule has 760 valence electrons. The van der Waals surface area contributed by atoms with Gasteiger partial charge in [0.15, 0.2) is 5.75 Å². The first-order valence-corrected chi connectivity index (χ1v) is 48.7.